The lowest BCUT2D eigenvalue weighted by Gasteiger charge is -2.17. The van der Waals surface area contributed by atoms with Gasteiger partial charge in [-0.2, -0.15) is 0 Å². The van der Waals surface area contributed by atoms with E-state index in [4.69, 9.17) is 9.47 Å². The monoisotopic (exact) mass is 279 g/mol. The van der Waals surface area contributed by atoms with Gasteiger partial charge in [0.2, 0.25) is 0 Å². The van der Waals surface area contributed by atoms with Crippen molar-refractivity contribution in [1.29, 1.82) is 0 Å². The minimum Gasteiger partial charge on any atom is -0.493 e. The molecule has 0 aromatic heterocycles. The zero-order valence-corrected chi connectivity index (χ0v) is 13.1. The van der Waals surface area contributed by atoms with Crippen LogP contribution in [0.5, 0.6) is 11.5 Å². The highest BCUT2D eigenvalue weighted by atomic mass is 16.5. The molecule has 1 rings (SSSR count). The number of carbonyl (C=O) groups excluding carboxylic acids is 1. The van der Waals surface area contributed by atoms with Gasteiger partial charge in [0.1, 0.15) is 0 Å². The van der Waals surface area contributed by atoms with Crippen LogP contribution in [0.1, 0.15) is 44.0 Å². The lowest BCUT2D eigenvalue weighted by atomic mass is 9.91. The molecule has 4 heteroatoms. The van der Waals surface area contributed by atoms with E-state index in [1.54, 1.807) is 32.4 Å². The highest BCUT2D eigenvalue weighted by molar-refractivity contribution is 5.94. The predicted molar refractivity (Wildman–Crippen MR) is 80.6 cm³/mol. The van der Waals surface area contributed by atoms with Crippen molar-refractivity contribution in [2.75, 3.05) is 20.8 Å². The Morgan fingerprint density at radius 3 is 2.35 bits per heavy atom. The second kappa shape index (κ2) is 7.17. The van der Waals surface area contributed by atoms with Crippen molar-refractivity contribution in [3.05, 3.63) is 23.8 Å². The Bertz CT molecular complexity index is 450. The molecule has 0 aliphatic rings. The Labute approximate surface area is 121 Å². The molecule has 0 radical (unpaired) electrons. The minimum absolute atomic E-state index is 0.0835. The molecule has 0 aliphatic carbocycles. The van der Waals surface area contributed by atoms with Crippen LogP contribution in [-0.2, 0) is 0 Å². The van der Waals surface area contributed by atoms with E-state index < -0.39 is 0 Å². The van der Waals surface area contributed by atoms with Gasteiger partial charge in [-0.05, 0) is 36.5 Å². The highest BCUT2D eigenvalue weighted by Crippen LogP contribution is 2.27. The zero-order valence-electron chi connectivity index (χ0n) is 13.1. The smallest absolute Gasteiger partial charge is 0.251 e. The maximum absolute atomic E-state index is 12.0. The van der Waals surface area contributed by atoms with Crippen LogP contribution in [0.2, 0.25) is 0 Å². The number of benzene rings is 1. The molecule has 4 nitrogen and oxygen atoms in total. The van der Waals surface area contributed by atoms with E-state index in [0.29, 0.717) is 29.0 Å². The lowest BCUT2D eigenvalue weighted by molar-refractivity contribution is 0.0951. The summed E-state index contributed by atoms with van der Waals surface area (Å²) in [6.07, 6.45) is 2.06. The molecule has 20 heavy (non-hydrogen) atoms. The molecule has 1 aromatic rings. The third-order valence-electron chi connectivity index (χ3n) is 3.03. The first-order chi connectivity index (χ1) is 9.37. The van der Waals surface area contributed by atoms with Crippen molar-refractivity contribution >= 4 is 5.91 Å². The number of amides is 1. The number of ether oxygens (including phenoxy) is 2. The van der Waals surface area contributed by atoms with Crippen LogP contribution < -0.4 is 14.8 Å². The maximum atomic E-state index is 12.0. The summed E-state index contributed by atoms with van der Waals surface area (Å²) in [5, 5.41) is 2.93. The van der Waals surface area contributed by atoms with Crippen molar-refractivity contribution in [2.45, 2.75) is 33.6 Å². The molecule has 0 saturated heterocycles. The maximum Gasteiger partial charge on any atom is 0.251 e. The average Bonchev–Trinajstić information content (AvgIpc) is 2.41. The van der Waals surface area contributed by atoms with Crippen molar-refractivity contribution in [3.63, 3.8) is 0 Å². The molecule has 0 heterocycles. The van der Waals surface area contributed by atoms with Crippen molar-refractivity contribution in [2.24, 2.45) is 5.41 Å². The molecule has 0 fully saturated rings. The SMILES string of the molecule is COc1ccc(C(=O)NCCCC(C)(C)C)cc1OC. The third kappa shape index (κ3) is 5.11. The Morgan fingerprint density at radius 1 is 1.15 bits per heavy atom. The van der Waals surface area contributed by atoms with E-state index in [9.17, 15) is 4.79 Å². The Morgan fingerprint density at radius 2 is 1.80 bits per heavy atom. The van der Waals surface area contributed by atoms with Gasteiger partial charge in [0.15, 0.2) is 11.5 Å². The average molecular weight is 279 g/mol. The van der Waals surface area contributed by atoms with Gasteiger partial charge < -0.3 is 14.8 Å². The lowest BCUT2D eigenvalue weighted by Crippen LogP contribution is -2.25. The Balaban J connectivity index is 2.55. The molecule has 1 N–H and O–H groups in total. The first-order valence-electron chi connectivity index (χ1n) is 6.87. The van der Waals surface area contributed by atoms with E-state index in [2.05, 4.69) is 26.1 Å². The second-order valence-corrected chi connectivity index (χ2v) is 5.99. The summed E-state index contributed by atoms with van der Waals surface area (Å²) < 4.78 is 10.3. The van der Waals surface area contributed by atoms with Crippen LogP contribution in [0.25, 0.3) is 0 Å². The zero-order chi connectivity index (χ0) is 15.2. The third-order valence-corrected chi connectivity index (χ3v) is 3.03. The van der Waals surface area contributed by atoms with Gasteiger partial charge in [-0.25, -0.2) is 0 Å². The summed E-state index contributed by atoms with van der Waals surface area (Å²) in [7, 11) is 3.13. The number of hydrogen-bond acceptors (Lipinski definition) is 3. The van der Waals surface area contributed by atoms with E-state index in [1.165, 1.54) is 0 Å². The van der Waals surface area contributed by atoms with Gasteiger partial charge in [-0.15, -0.1) is 0 Å². The summed E-state index contributed by atoms with van der Waals surface area (Å²) in [4.78, 5) is 12.0. The van der Waals surface area contributed by atoms with Crippen LogP contribution in [0.15, 0.2) is 18.2 Å². The Kier molecular flexibility index (Phi) is 5.86. The first kappa shape index (κ1) is 16.3. The fourth-order valence-corrected chi connectivity index (χ4v) is 1.90. The van der Waals surface area contributed by atoms with Crippen LogP contribution in [0.4, 0.5) is 0 Å². The molecule has 0 bridgehead atoms. The first-order valence-corrected chi connectivity index (χ1v) is 6.87. The summed E-state index contributed by atoms with van der Waals surface area (Å²) in [5.41, 5.74) is 0.882. The molecule has 0 saturated carbocycles. The van der Waals surface area contributed by atoms with Gasteiger partial charge in [0, 0.05) is 12.1 Å². The molecule has 112 valence electrons. The van der Waals surface area contributed by atoms with E-state index in [1.807, 2.05) is 0 Å². The molecular formula is C16H25NO3. The number of nitrogens with one attached hydrogen (secondary N) is 1. The number of carbonyl (C=O) groups is 1. The molecule has 0 spiro atoms. The number of rotatable bonds is 6. The second-order valence-electron chi connectivity index (χ2n) is 5.99. The van der Waals surface area contributed by atoms with Gasteiger partial charge in [0.05, 0.1) is 14.2 Å². The quantitative estimate of drug-likeness (QED) is 0.813. The van der Waals surface area contributed by atoms with E-state index in [0.717, 1.165) is 12.8 Å². The van der Waals surface area contributed by atoms with Crippen molar-refractivity contribution < 1.29 is 14.3 Å². The van der Waals surface area contributed by atoms with Gasteiger partial charge in [-0.1, -0.05) is 20.8 Å². The van der Waals surface area contributed by atoms with Gasteiger partial charge in [-0.3, -0.25) is 4.79 Å². The predicted octanol–water partition coefficient (Wildman–Crippen LogP) is 3.26. The van der Waals surface area contributed by atoms with Crippen molar-refractivity contribution in [3.8, 4) is 11.5 Å². The number of methoxy groups -OCH3 is 2. The highest BCUT2D eigenvalue weighted by Gasteiger charge is 2.12. The topological polar surface area (TPSA) is 47.6 Å². The summed E-state index contributed by atoms with van der Waals surface area (Å²) >= 11 is 0. The number of hydrogen-bond donors (Lipinski definition) is 1. The van der Waals surface area contributed by atoms with E-state index in [-0.39, 0.29) is 5.91 Å². The van der Waals surface area contributed by atoms with Crippen LogP contribution >= 0.6 is 0 Å². The van der Waals surface area contributed by atoms with Crippen LogP contribution in [-0.4, -0.2) is 26.7 Å². The molecule has 0 aliphatic heterocycles. The summed E-state index contributed by atoms with van der Waals surface area (Å²) in [6, 6.07) is 5.17. The fraction of sp³-hybridized carbons (Fsp3) is 0.562. The summed E-state index contributed by atoms with van der Waals surface area (Å²) in [5.74, 6) is 1.10. The van der Waals surface area contributed by atoms with Gasteiger partial charge in [0.25, 0.3) is 5.91 Å². The largest absolute Gasteiger partial charge is 0.493 e. The molecular weight excluding hydrogens is 254 g/mol. The minimum atomic E-state index is -0.0835. The van der Waals surface area contributed by atoms with Crippen LogP contribution in [0.3, 0.4) is 0 Å². The van der Waals surface area contributed by atoms with Gasteiger partial charge >= 0.3 is 0 Å². The molecule has 1 aromatic carbocycles. The molecule has 0 atom stereocenters. The molecule has 0 unspecified atom stereocenters. The van der Waals surface area contributed by atoms with E-state index >= 15 is 0 Å². The van der Waals surface area contributed by atoms with Crippen LogP contribution in [0, 0.1) is 5.41 Å². The fourth-order valence-electron chi connectivity index (χ4n) is 1.90. The Hall–Kier alpha value is -1.71. The summed E-state index contributed by atoms with van der Waals surface area (Å²) in [6.45, 7) is 7.28. The van der Waals surface area contributed by atoms with Crippen molar-refractivity contribution in [1.82, 2.24) is 5.32 Å². The normalized spacial score (nSPS) is 11.1. The molecule has 1 amide bonds. The standard InChI is InChI=1S/C16H25NO3/c1-16(2,3)9-6-10-17-15(18)12-7-8-13(19-4)14(11-12)20-5/h7-8,11H,6,9-10H2,1-5H3,(H,17,18).